The Morgan fingerprint density at radius 2 is 0.779 bits per heavy atom. The van der Waals surface area contributed by atoms with Crippen molar-refractivity contribution in [2.24, 2.45) is 0 Å². The van der Waals surface area contributed by atoms with E-state index < -0.39 is 0 Å². The fourth-order valence-electron chi connectivity index (χ4n) is 12.1. The highest BCUT2D eigenvalue weighted by molar-refractivity contribution is 7.02. The summed E-state index contributed by atoms with van der Waals surface area (Å²) < 4.78 is 14.7. The van der Waals surface area contributed by atoms with Gasteiger partial charge in [-0.05, 0) is 193 Å². The maximum absolute atomic E-state index is 7.37. The van der Waals surface area contributed by atoms with Crippen LogP contribution in [0.4, 0.5) is 34.1 Å². The molecule has 0 aromatic heterocycles. The number of nitrogens with zero attached hydrogens (tertiary/aromatic N) is 2. The molecule has 6 heteroatoms. The normalized spacial score (nSPS) is 13.4. The Hall–Kier alpha value is -7.69. The van der Waals surface area contributed by atoms with E-state index in [0.29, 0.717) is 0 Å². The summed E-state index contributed by atoms with van der Waals surface area (Å²) in [5, 5.41) is 0. The lowest BCUT2D eigenvalue weighted by molar-refractivity contribution is 0.466. The van der Waals surface area contributed by atoms with E-state index in [4.69, 9.17) is 9.47 Å². The summed E-state index contributed by atoms with van der Waals surface area (Å²) in [4.78, 5) is 4.94. The summed E-state index contributed by atoms with van der Waals surface area (Å²) in [6.07, 6.45) is 0. The number of benzene rings is 9. The molecule has 0 aliphatic carbocycles. The Kier molecular flexibility index (Phi) is 8.89. The molecular formula is C62H50B2N2O2. The van der Waals surface area contributed by atoms with Crippen molar-refractivity contribution in [3.05, 3.63) is 202 Å². The highest BCUT2D eigenvalue weighted by atomic mass is 16.5. The van der Waals surface area contributed by atoms with E-state index in [2.05, 4.69) is 223 Å². The second kappa shape index (κ2) is 14.9. The Bertz CT molecular complexity index is 3590. The van der Waals surface area contributed by atoms with Crippen molar-refractivity contribution in [3.8, 4) is 45.3 Å². The van der Waals surface area contributed by atoms with Gasteiger partial charge in [0, 0.05) is 40.2 Å². The molecule has 0 unspecified atom stereocenters. The Labute approximate surface area is 400 Å². The van der Waals surface area contributed by atoms with Crippen molar-refractivity contribution in [2.45, 2.75) is 55.4 Å². The van der Waals surface area contributed by atoms with E-state index >= 15 is 0 Å². The van der Waals surface area contributed by atoms with Gasteiger partial charge in [0.25, 0.3) is 13.4 Å². The lowest BCUT2D eigenvalue weighted by atomic mass is 9.30. The SMILES string of the molecule is Cc1ccc(N2c3ccc(C)cc3B3c4cc5c(cc4Oc4cc(-c6c(C)cccc6C)cc2c43)Oc2cc(-c3c(C)cccc3C)cc3c2B5c2c(C)cccc2N3c2ccc(C)cc2)cc1. The summed E-state index contributed by atoms with van der Waals surface area (Å²) in [5.74, 6) is 3.43. The van der Waals surface area contributed by atoms with E-state index in [-0.39, 0.29) is 13.4 Å². The molecule has 0 atom stereocenters. The van der Waals surface area contributed by atoms with Gasteiger partial charge in [-0.15, -0.1) is 0 Å². The first-order valence-electron chi connectivity index (χ1n) is 24.0. The molecule has 326 valence electrons. The summed E-state index contributed by atoms with van der Waals surface area (Å²) in [5.41, 5.74) is 28.8. The molecule has 4 aliphatic heterocycles. The molecule has 4 nitrogen and oxygen atoms in total. The van der Waals surface area contributed by atoms with Gasteiger partial charge >= 0.3 is 0 Å². The number of rotatable bonds is 4. The number of hydrogen-bond acceptors (Lipinski definition) is 4. The summed E-state index contributed by atoms with van der Waals surface area (Å²) >= 11 is 0. The zero-order chi connectivity index (χ0) is 46.3. The Balaban J connectivity index is 1.08. The van der Waals surface area contributed by atoms with Gasteiger partial charge in [0.05, 0.1) is 0 Å². The van der Waals surface area contributed by atoms with Crippen molar-refractivity contribution < 1.29 is 9.47 Å². The third-order valence-corrected chi connectivity index (χ3v) is 15.2. The van der Waals surface area contributed by atoms with Crippen LogP contribution in [0, 0.1) is 55.4 Å². The monoisotopic (exact) mass is 876 g/mol. The van der Waals surface area contributed by atoms with Crippen molar-refractivity contribution in [1.29, 1.82) is 0 Å². The lowest BCUT2D eigenvalue weighted by Gasteiger charge is -2.43. The molecule has 68 heavy (non-hydrogen) atoms. The topological polar surface area (TPSA) is 24.9 Å². The molecule has 13 rings (SSSR count). The fraction of sp³-hybridized carbons (Fsp3) is 0.129. The van der Waals surface area contributed by atoms with Crippen LogP contribution in [-0.2, 0) is 0 Å². The van der Waals surface area contributed by atoms with Crippen molar-refractivity contribution in [2.75, 3.05) is 9.80 Å². The molecule has 0 saturated carbocycles. The Morgan fingerprint density at radius 1 is 0.324 bits per heavy atom. The average Bonchev–Trinajstić information content (AvgIpc) is 3.31. The smallest absolute Gasteiger partial charge is 0.256 e. The zero-order valence-corrected chi connectivity index (χ0v) is 39.9. The van der Waals surface area contributed by atoms with Gasteiger partial charge in [-0.1, -0.05) is 113 Å². The van der Waals surface area contributed by atoms with Crippen LogP contribution in [0.3, 0.4) is 0 Å². The van der Waals surface area contributed by atoms with E-state index in [0.717, 1.165) is 67.8 Å². The largest absolute Gasteiger partial charge is 0.458 e. The van der Waals surface area contributed by atoms with Gasteiger partial charge in [-0.2, -0.15) is 0 Å². The summed E-state index contributed by atoms with van der Waals surface area (Å²) in [7, 11) is 0. The highest BCUT2D eigenvalue weighted by Gasteiger charge is 2.47. The third-order valence-electron chi connectivity index (χ3n) is 15.2. The molecule has 0 radical (unpaired) electrons. The molecule has 0 amide bonds. The van der Waals surface area contributed by atoms with E-state index in [1.807, 2.05) is 0 Å². The quantitative estimate of drug-likeness (QED) is 0.165. The first-order chi connectivity index (χ1) is 33.0. The van der Waals surface area contributed by atoms with Crippen LogP contribution in [0.1, 0.15) is 44.5 Å². The second-order valence-corrected chi connectivity index (χ2v) is 19.8. The van der Waals surface area contributed by atoms with Crippen LogP contribution >= 0.6 is 0 Å². The minimum absolute atomic E-state index is 0.0872. The maximum Gasteiger partial charge on any atom is 0.256 e. The van der Waals surface area contributed by atoms with E-state index in [9.17, 15) is 0 Å². The van der Waals surface area contributed by atoms with E-state index in [1.54, 1.807) is 0 Å². The number of hydrogen-bond donors (Lipinski definition) is 0. The maximum atomic E-state index is 7.37. The average molecular weight is 877 g/mol. The summed E-state index contributed by atoms with van der Waals surface area (Å²) in [6.45, 7) is 17.5. The van der Waals surface area contributed by atoms with Crippen LogP contribution in [-0.4, -0.2) is 13.4 Å². The lowest BCUT2D eigenvalue weighted by Crippen LogP contribution is -2.63. The van der Waals surface area contributed by atoms with Crippen LogP contribution in [0.15, 0.2) is 158 Å². The first-order valence-corrected chi connectivity index (χ1v) is 24.0. The molecule has 4 aliphatic rings. The zero-order valence-electron chi connectivity index (χ0n) is 39.9. The van der Waals surface area contributed by atoms with Gasteiger partial charge in [0.2, 0.25) is 0 Å². The van der Waals surface area contributed by atoms with Crippen molar-refractivity contribution in [3.63, 3.8) is 0 Å². The molecule has 9 aromatic rings. The molecular weight excluding hydrogens is 826 g/mol. The van der Waals surface area contributed by atoms with Crippen molar-refractivity contribution in [1.82, 2.24) is 0 Å². The predicted molar refractivity (Wildman–Crippen MR) is 287 cm³/mol. The van der Waals surface area contributed by atoms with Crippen LogP contribution in [0.5, 0.6) is 23.0 Å². The molecule has 0 N–H and O–H groups in total. The number of ether oxygens (including phenoxy) is 2. The van der Waals surface area contributed by atoms with Gasteiger partial charge in [0.15, 0.2) is 0 Å². The summed E-state index contributed by atoms with van der Waals surface area (Å²) in [6, 6.07) is 58.9. The van der Waals surface area contributed by atoms with Gasteiger partial charge in [-0.3, -0.25) is 0 Å². The van der Waals surface area contributed by atoms with E-state index in [1.165, 1.54) is 88.9 Å². The molecule has 0 saturated heterocycles. The molecule has 0 spiro atoms. The fourth-order valence-corrected chi connectivity index (χ4v) is 12.1. The minimum Gasteiger partial charge on any atom is -0.458 e. The predicted octanol–water partition coefficient (Wildman–Crippen LogP) is 12.3. The molecule has 9 aromatic carbocycles. The van der Waals surface area contributed by atoms with Crippen LogP contribution in [0.2, 0.25) is 0 Å². The van der Waals surface area contributed by atoms with Crippen LogP contribution in [0.25, 0.3) is 22.3 Å². The van der Waals surface area contributed by atoms with Crippen LogP contribution < -0.4 is 52.1 Å². The third kappa shape index (κ3) is 5.96. The highest BCUT2D eigenvalue weighted by Crippen LogP contribution is 2.47. The number of aryl methyl sites for hydroxylation is 8. The molecule has 0 fully saturated rings. The minimum atomic E-state index is -0.0890. The van der Waals surface area contributed by atoms with Crippen molar-refractivity contribution >= 4 is 80.3 Å². The van der Waals surface area contributed by atoms with Gasteiger partial charge in [0.1, 0.15) is 23.0 Å². The number of anilines is 6. The standard InChI is InChI=1S/C62H50B2N2O2/c1-35-18-23-45(24-19-35)65-50-27-22-37(3)28-47(50)63-48-33-49-55(34-54(48)67-56-31-43(29-52(65)61(56)63)58-38(4)12-9-13-39(58)5)68-57-32-44(59-40(6)14-10-15-41(59)7)30-53-62(57)64(49)60-42(8)16-11-17-51(60)66(53)46-25-20-36(2)21-26-46/h9-34H,1-8H3. The molecule has 0 bridgehead atoms. The molecule has 4 heterocycles. The van der Waals surface area contributed by atoms with Gasteiger partial charge < -0.3 is 19.3 Å². The number of fused-ring (bicyclic) bond motifs is 8. The van der Waals surface area contributed by atoms with Gasteiger partial charge in [-0.25, -0.2) is 0 Å². The second-order valence-electron chi connectivity index (χ2n) is 19.8. The first kappa shape index (κ1) is 40.6. The Morgan fingerprint density at radius 3 is 1.32 bits per heavy atom.